The van der Waals surface area contributed by atoms with Crippen LogP contribution in [0.15, 0.2) is 29.7 Å². The average molecular weight is 330 g/mol. The maximum Gasteiger partial charge on any atom is 0.193 e. The molecule has 0 saturated heterocycles. The van der Waals surface area contributed by atoms with Gasteiger partial charge in [-0.2, -0.15) is 5.26 Å². The number of carbonyl (C=O) groups excluding carboxylic acids is 1. The Morgan fingerprint density at radius 1 is 1.38 bits per heavy atom. The van der Waals surface area contributed by atoms with Crippen LogP contribution in [0.5, 0.6) is 5.75 Å². The first kappa shape index (κ1) is 16.5. The summed E-state index contributed by atoms with van der Waals surface area (Å²) in [5, 5.41) is 23.2. The summed E-state index contributed by atoms with van der Waals surface area (Å²) in [5.41, 5.74) is -1.18. The van der Waals surface area contributed by atoms with Crippen molar-refractivity contribution >= 4 is 5.78 Å². The normalized spacial score (nSPS) is 28.2. The van der Waals surface area contributed by atoms with Crippen LogP contribution in [0.2, 0.25) is 0 Å². The van der Waals surface area contributed by atoms with Crippen LogP contribution in [0, 0.1) is 11.3 Å². The Kier molecular flexibility index (Phi) is 3.65. The van der Waals surface area contributed by atoms with Crippen molar-refractivity contribution in [2.45, 2.75) is 50.9 Å². The number of nitrogens with one attached hydrogen (secondary N) is 1. The molecule has 0 bridgehead atoms. The zero-order valence-corrected chi connectivity index (χ0v) is 13.8. The zero-order valence-electron chi connectivity index (χ0n) is 13.8. The summed E-state index contributed by atoms with van der Waals surface area (Å²) in [6, 6.07) is 6.26. The monoisotopic (exact) mass is 330 g/mol. The number of rotatable bonds is 2. The Hall–Kier alpha value is -2.39. The molecule has 1 aromatic rings. The molecular formula is C18H19FN2O3. The third kappa shape index (κ3) is 2.36. The van der Waals surface area contributed by atoms with Crippen LogP contribution in [0.4, 0.5) is 4.39 Å². The minimum absolute atomic E-state index is 0.119. The first-order valence-electron chi connectivity index (χ1n) is 7.81. The molecule has 0 aromatic heterocycles. The molecule has 5 nitrogen and oxygen atoms in total. The third-order valence-corrected chi connectivity index (χ3v) is 5.03. The quantitative estimate of drug-likeness (QED) is 0.871. The van der Waals surface area contributed by atoms with Gasteiger partial charge in [0.2, 0.25) is 0 Å². The summed E-state index contributed by atoms with van der Waals surface area (Å²) in [5.74, 6) is -0.795. The fourth-order valence-electron chi connectivity index (χ4n) is 3.12. The number of carbonyl (C=O) groups is 1. The molecule has 2 aliphatic rings. The Morgan fingerprint density at radius 3 is 2.67 bits per heavy atom. The molecule has 1 aromatic carbocycles. The number of hydrogen-bond donors (Lipinski definition) is 2. The zero-order chi connectivity index (χ0) is 17.7. The van der Waals surface area contributed by atoms with E-state index in [0.29, 0.717) is 16.9 Å². The van der Waals surface area contributed by atoms with Crippen molar-refractivity contribution in [2.24, 2.45) is 0 Å². The minimum atomic E-state index is -1.40. The first-order valence-corrected chi connectivity index (χ1v) is 7.81. The maximum absolute atomic E-state index is 14.0. The van der Waals surface area contributed by atoms with Gasteiger partial charge in [-0.3, -0.25) is 4.79 Å². The number of fused-ring (bicyclic) bond motifs is 1. The maximum atomic E-state index is 14.0. The molecule has 1 aliphatic heterocycles. The number of benzene rings is 1. The van der Waals surface area contributed by atoms with Crippen LogP contribution < -0.4 is 10.1 Å². The van der Waals surface area contributed by atoms with Crippen molar-refractivity contribution in [3.8, 4) is 11.8 Å². The number of ketones is 1. The molecule has 0 fully saturated rings. The van der Waals surface area contributed by atoms with Crippen LogP contribution in [0.3, 0.4) is 0 Å². The van der Waals surface area contributed by atoms with Gasteiger partial charge in [0.05, 0.1) is 23.4 Å². The van der Waals surface area contributed by atoms with E-state index in [4.69, 9.17) is 10.00 Å². The summed E-state index contributed by atoms with van der Waals surface area (Å²) in [7, 11) is 0. The molecule has 126 valence electrons. The van der Waals surface area contributed by atoms with Gasteiger partial charge in [-0.25, -0.2) is 4.39 Å². The molecule has 0 radical (unpaired) electrons. The molecule has 3 rings (SSSR count). The van der Waals surface area contributed by atoms with Crippen LogP contribution in [-0.2, 0) is 4.79 Å². The highest BCUT2D eigenvalue weighted by molar-refractivity contribution is 5.96. The number of ether oxygens (including phenoxy) is 1. The van der Waals surface area contributed by atoms with Crippen LogP contribution >= 0.6 is 0 Å². The number of halogens is 1. The number of aliphatic hydroxyl groups is 1. The number of nitrogens with zero attached hydrogens (tertiary/aromatic N) is 1. The molecular weight excluding hydrogens is 311 g/mol. The molecule has 2 N–H and O–H groups in total. The topological polar surface area (TPSA) is 82.3 Å². The largest absolute Gasteiger partial charge is 0.484 e. The van der Waals surface area contributed by atoms with Crippen LogP contribution in [-0.4, -0.2) is 22.1 Å². The number of Topliss-reactive ketones (excluding diaryl/α,β-unsaturated/α-hetero) is 1. The molecule has 2 unspecified atom stereocenters. The highest BCUT2D eigenvalue weighted by Gasteiger charge is 2.53. The van der Waals surface area contributed by atoms with Gasteiger partial charge in [0.15, 0.2) is 11.6 Å². The van der Waals surface area contributed by atoms with Crippen molar-refractivity contribution in [1.29, 1.82) is 5.26 Å². The SMILES string of the molecule is CC1(C)Oc2ccc(C#N)cc2C(NC2=C(F)C(=O)CC2)C1(C)O. The Balaban J connectivity index is 2.11. The fraction of sp³-hybridized carbons (Fsp3) is 0.444. The van der Waals surface area contributed by atoms with Gasteiger partial charge in [0.25, 0.3) is 0 Å². The average Bonchev–Trinajstić information content (AvgIpc) is 2.83. The lowest BCUT2D eigenvalue weighted by Gasteiger charge is -2.50. The summed E-state index contributed by atoms with van der Waals surface area (Å²) < 4.78 is 19.9. The molecule has 0 saturated carbocycles. The second-order valence-electron chi connectivity index (χ2n) is 6.92. The first-order chi connectivity index (χ1) is 11.2. The summed E-state index contributed by atoms with van der Waals surface area (Å²) >= 11 is 0. The molecule has 0 spiro atoms. The van der Waals surface area contributed by atoms with E-state index in [2.05, 4.69) is 11.4 Å². The van der Waals surface area contributed by atoms with E-state index in [9.17, 15) is 14.3 Å². The lowest BCUT2D eigenvalue weighted by Crippen LogP contribution is -2.61. The van der Waals surface area contributed by atoms with Crippen molar-refractivity contribution in [1.82, 2.24) is 5.32 Å². The summed E-state index contributed by atoms with van der Waals surface area (Å²) in [4.78, 5) is 11.5. The molecule has 0 amide bonds. The Bertz CT molecular complexity index is 790. The van der Waals surface area contributed by atoms with Crippen molar-refractivity contribution in [3.05, 3.63) is 40.8 Å². The highest BCUT2D eigenvalue weighted by Crippen LogP contribution is 2.47. The summed E-state index contributed by atoms with van der Waals surface area (Å²) in [6.45, 7) is 5.09. The van der Waals surface area contributed by atoms with E-state index in [1.165, 1.54) is 0 Å². The highest BCUT2D eigenvalue weighted by atomic mass is 19.1. The third-order valence-electron chi connectivity index (χ3n) is 5.03. The lowest BCUT2D eigenvalue weighted by atomic mass is 9.75. The van der Waals surface area contributed by atoms with E-state index >= 15 is 0 Å². The van der Waals surface area contributed by atoms with Crippen molar-refractivity contribution < 1.29 is 19.0 Å². The van der Waals surface area contributed by atoms with Gasteiger partial charge in [0, 0.05) is 12.0 Å². The van der Waals surface area contributed by atoms with E-state index in [0.717, 1.165) is 0 Å². The van der Waals surface area contributed by atoms with Crippen LogP contribution in [0.1, 0.15) is 50.8 Å². The van der Waals surface area contributed by atoms with Gasteiger partial charge in [0.1, 0.15) is 17.0 Å². The van der Waals surface area contributed by atoms with Gasteiger partial charge in [-0.1, -0.05) is 0 Å². The minimum Gasteiger partial charge on any atom is -0.484 e. The van der Waals surface area contributed by atoms with Crippen molar-refractivity contribution in [3.63, 3.8) is 0 Å². The summed E-state index contributed by atoms with van der Waals surface area (Å²) in [6.07, 6.45) is 0.389. The number of nitriles is 1. The standard InChI is InChI=1S/C18H19FN2O3/c1-17(2)18(3,23)16(21-12-5-6-13(22)15(12)19)11-8-10(9-20)4-7-14(11)24-17/h4,7-8,16,21,23H,5-6H2,1-3H3. The van der Waals surface area contributed by atoms with Gasteiger partial charge in [-0.15, -0.1) is 0 Å². The van der Waals surface area contributed by atoms with Crippen LogP contribution in [0.25, 0.3) is 0 Å². The molecule has 2 atom stereocenters. The molecule has 1 heterocycles. The Labute approximate surface area is 139 Å². The Morgan fingerprint density at radius 2 is 2.08 bits per heavy atom. The molecule has 24 heavy (non-hydrogen) atoms. The number of allylic oxidation sites excluding steroid dienone is 2. The van der Waals surface area contributed by atoms with E-state index < -0.39 is 28.9 Å². The number of hydrogen-bond acceptors (Lipinski definition) is 5. The predicted molar refractivity (Wildman–Crippen MR) is 84.7 cm³/mol. The second kappa shape index (κ2) is 5.32. The van der Waals surface area contributed by atoms with Gasteiger partial charge in [-0.05, 0) is 45.4 Å². The lowest BCUT2D eigenvalue weighted by molar-refractivity contribution is -0.138. The molecule has 6 heteroatoms. The van der Waals surface area contributed by atoms with E-state index in [-0.39, 0.29) is 18.5 Å². The van der Waals surface area contributed by atoms with Gasteiger partial charge < -0.3 is 15.2 Å². The van der Waals surface area contributed by atoms with E-state index in [1.807, 2.05) is 0 Å². The van der Waals surface area contributed by atoms with Gasteiger partial charge >= 0.3 is 0 Å². The second-order valence-corrected chi connectivity index (χ2v) is 6.92. The fourth-order valence-corrected chi connectivity index (χ4v) is 3.12. The predicted octanol–water partition coefficient (Wildman–Crippen LogP) is 2.65. The molecule has 1 aliphatic carbocycles. The smallest absolute Gasteiger partial charge is 0.193 e. The van der Waals surface area contributed by atoms with E-state index in [1.54, 1.807) is 39.0 Å². The van der Waals surface area contributed by atoms with Crippen molar-refractivity contribution in [2.75, 3.05) is 0 Å².